The van der Waals surface area contributed by atoms with Crippen LogP contribution in [0.4, 0.5) is 22.7 Å². The average molecular weight is 510 g/mol. The fourth-order valence-electron chi connectivity index (χ4n) is 4.98. The molecule has 2 aliphatic rings. The Labute approximate surface area is 217 Å². The number of benzene rings is 2. The number of amides is 1. The van der Waals surface area contributed by atoms with Gasteiger partial charge in [0.15, 0.2) is 0 Å². The molecule has 198 valence electrons. The Morgan fingerprint density at radius 3 is 2.22 bits per heavy atom. The zero-order chi connectivity index (χ0) is 26.5. The maximum Gasteiger partial charge on any atom is 0.337 e. The first-order chi connectivity index (χ1) is 17.8. The Bertz CT molecular complexity index is 1150. The van der Waals surface area contributed by atoms with Crippen molar-refractivity contribution < 1.29 is 19.2 Å². The van der Waals surface area contributed by atoms with Crippen LogP contribution in [0.25, 0.3) is 0 Å². The van der Waals surface area contributed by atoms with Gasteiger partial charge in [-0.2, -0.15) is 0 Å². The van der Waals surface area contributed by atoms with E-state index in [0.29, 0.717) is 22.9 Å². The fourth-order valence-corrected chi connectivity index (χ4v) is 4.98. The fraction of sp³-hybridized carbons (Fsp3) is 0.481. The molecule has 1 N–H and O–H groups in total. The van der Waals surface area contributed by atoms with Crippen molar-refractivity contribution in [1.82, 2.24) is 4.90 Å². The maximum absolute atomic E-state index is 13.3. The van der Waals surface area contributed by atoms with Crippen LogP contribution in [0, 0.1) is 16.0 Å². The number of nitro groups is 1. The summed E-state index contributed by atoms with van der Waals surface area (Å²) in [5.41, 5.74) is 2.22. The highest BCUT2D eigenvalue weighted by molar-refractivity contribution is 6.07. The van der Waals surface area contributed by atoms with Crippen molar-refractivity contribution in [1.29, 1.82) is 0 Å². The number of piperazine rings is 1. The van der Waals surface area contributed by atoms with E-state index in [1.807, 2.05) is 11.0 Å². The molecule has 37 heavy (non-hydrogen) atoms. The Balaban J connectivity index is 1.61. The number of methoxy groups -OCH3 is 1. The summed E-state index contributed by atoms with van der Waals surface area (Å²) < 4.78 is 4.86. The third-order valence-corrected chi connectivity index (χ3v) is 7.38. The Kier molecular flexibility index (Phi) is 8.27. The summed E-state index contributed by atoms with van der Waals surface area (Å²) in [5, 5.41) is 14.8. The number of carbonyl (C=O) groups is 2. The molecule has 10 heteroatoms. The molecule has 0 radical (unpaired) electrons. The number of nitrogens with zero attached hydrogens (tertiary/aromatic N) is 4. The molecule has 10 nitrogen and oxygen atoms in total. The van der Waals surface area contributed by atoms with E-state index < -0.39 is 16.8 Å². The Morgan fingerprint density at radius 2 is 1.59 bits per heavy atom. The van der Waals surface area contributed by atoms with Crippen molar-refractivity contribution >= 4 is 34.6 Å². The minimum atomic E-state index is -0.506. The molecular formula is C27H35N5O5. The third-order valence-electron chi connectivity index (χ3n) is 7.38. The van der Waals surface area contributed by atoms with E-state index in [4.69, 9.17) is 4.74 Å². The normalized spacial score (nSPS) is 16.9. The van der Waals surface area contributed by atoms with Gasteiger partial charge in [-0.05, 0) is 55.6 Å². The molecule has 4 rings (SSSR count). The van der Waals surface area contributed by atoms with Crippen LogP contribution in [0.1, 0.15) is 47.4 Å². The molecule has 0 unspecified atom stereocenters. The zero-order valence-corrected chi connectivity index (χ0v) is 21.7. The SMILES string of the molecule is CCN1CCN(c2ccc(C(=O)OC)cc2NC(=O)c2ccc(N3CCC(C)CC3)c([N+](=O)[O-])c2)CC1. The number of piperidine rings is 1. The summed E-state index contributed by atoms with van der Waals surface area (Å²) in [4.78, 5) is 43.5. The molecular weight excluding hydrogens is 474 g/mol. The summed E-state index contributed by atoms with van der Waals surface area (Å²) in [6, 6.07) is 9.72. The summed E-state index contributed by atoms with van der Waals surface area (Å²) in [5.74, 6) is -0.383. The van der Waals surface area contributed by atoms with Crippen LogP contribution >= 0.6 is 0 Å². The lowest BCUT2D eigenvalue weighted by Gasteiger charge is -2.36. The van der Waals surface area contributed by atoms with E-state index >= 15 is 0 Å². The van der Waals surface area contributed by atoms with Gasteiger partial charge in [-0.25, -0.2) is 4.79 Å². The number of hydrogen-bond acceptors (Lipinski definition) is 8. The molecule has 0 aromatic heterocycles. The number of rotatable bonds is 7. The van der Waals surface area contributed by atoms with Crippen LogP contribution in [0.15, 0.2) is 36.4 Å². The predicted molar refractivity (Wildman–Crippen MR) is 144 cm³/mol. The molecule has 0 aliphatic carbocycles. The summed E-state index contributed by atoms with van der Waals surface area (Å²) in [6.45, 7) is 10.1. The smallest absolute Gasteiger partial charge is 0.337 e. The molecule has 0 bridgehead atoms. The summed E-state index contributed by atoms with van der Waals surface area (Å²) in [7, 11) is 1.31. The summed E-state index contributed by atoms with van der Waals surface area (Å²) >= 11 is 0. The first-order valence-corrected chi connectivity index (χ1v) is 12.8. The lowest BCUT2D eigenvalue weighted by Crippen LogP contribution is -2.46. The van der Waals surface area contributed by atoms with Gasteiger partial charge in [0.2, 0.25) is 0 Å². The van der Waals surface area contributed by atoms with Crippen molar-refractivity contribution in [3.05, 3.63) is 57.6 Å². The third kappa shape index (κ3) is 6.02. The number of hydrogen-bond donors (Lipinski definition) is 1. The number of ether oxygens (including phenoxy) is 1. The van der Waals surface area contributed by atoms with Gasteiger partial charge < -0.3 is 24.8 Å². The Hall–Kier alpha value is -3.66. The van der Waals surface area contributed by atoms with Gasteiger partial charge in [0, 0.05) is 50.9 Å². The number of carbonyl (C=O) groups excluding carboxylic acids is 2. The van der Waals surface area contributed by atoms with E-state index in [0.717, 1.165) is 64.3 Å². The topological polar surface area (TPSA) is 108 Å². The van der Waals surface area contributed by atoms with Crippen molar-refractivity contribution in [3.8, 4) is 0 Å². The van der Waals surface area contributed by atoms with E-state index in [-0.39, 0.29) is 11.3 Å². The van der Waals surface area contributed by atoms with Gasteiger partial charge in [-0.3, -0.25) is 14.9 Å². The lowest BCUT2D eigenvalue weighted by atomic mass is 9.98. The second-order valence-corrected chi connectivity index (χ2v) is 9.73. The van der Waals surface area contributed by atoms with Crippen LogP contribution in [-0.2, 0) is 4.74 Å². The van der Waals surface area contributed by atoms with Crippen LogP contribution in [0.5, 0.6) is 0 Å². The Morgan fingerprint density at radius 1 is 0.973 bits per heavy atom. The van der Waals surface area contributed by atoms with Gasteiger partial charge in [0.1, 0.15) is 5.69 Å². The molecule has 2 fully saturated rings. The summed E-state index contributed by atoms with van der Waals surface area (Å²) in [6.07, 6.45) is 1.95. The van der Waals surface area contributed by atoms with Crippen molar-refractivity contribution in [2.24, 2.45) is 5.92 Å². The zero-order valence-electron chi connectivity index (χ0n) is 21.7. The van der Waals surface area contributed by atoms with Crippen LogP contribution in [0.2, 0.25) is 0 Å². The highest BCUT2D eigenvalue weighted by Crippen LogP contribution is 2.34. The number of nitro benzene ring substituents is 1. The molecule has 2 aromatic carbocycles. The van der Waals surface area contributed by atoms with E-state index in [2.05, 4.69) is 29.0 Å². The number of esters is 1. The van der Waals surface area contributed by atoms with Gasteiger partial charge in [0.05, 0.1) is 29.0 Å². The van der Waals surface area contributed by atoms with E-state index in [1.54, 1.807) is 24.3 Å². The van der Waals surface area contributed by atoms with Gasteiger partial charge in [-0.15, -0.1) is 0 Å². The molecule has 2 aliphatic heterocycles. The number of anilines is 3. The average Bonchev–Trinajstić information content (AvgIpc) is 2.92. The van der Waals surface area contributed by atoms with Crippen LogP contribution in [0.3, 0.4) is 0 Å². The van der Waals surface area contributed by atoms with Crippen molar-refractivity contribution in [2.75, 3.05) is 68.0 Å². The van der Waals surface area contributed by atoms with Crippen LogP contribution < -0.4 is 15.1 Å². The predicted octanol–water partition coefficient (Wildman–Crippen LogP) is 4.01. The highest BCUT2D eigenvalue weighted by Gasteiger charge is 2.26. The maximum atomic E-state index is 13.3. The monoisotopic (exact) mass is 509 g/mol. The van der Waals surface area contributed by atoms with Crippen molar-refractivity contribution in [3.63, 3.8) is 0 Å². The van der Waals surface area contributed by atoms with Crippen molar-refractivity contribution in [2.45, 2.75) is 26.7 Å². The standard InChI is InChI=1S/C27H35N5O5/c1-4-29-13-15-31(16-14-29)23-7-6-21(27(34)37-3)17-22(23)28-26(33)20-5-8-24(25(18-20)32(35)36)30-11-9-19(2)10-12-30/h5-8,17-19H,4,9-16H2,1-3H3,(H,28,33). The van der Waals surface area contributed by atoms with Gasteiger partial charge in [0.25, 0.3) is 11.6 Å². The first-order valence-electron chi connectivity index (χ1n) is 12.8. The molecule has 2 heterocycles. The molecule has 2 aromatic rings. The molecule has 2 saturated heterocycles. The second-order valence-electron chi connectivity index (χ2n) is 9.73. The first kappa shape index (κ1) is 26.4. The van der Waals surface area contributed by atoms with Gasteiger partial charge in [-0.1, -0.05) is 13.8 Å². The number of likely N-dealkylation sites (N-methyl/N-ethyl adjacent to an activating group) is 1. The minimum Gasteiger partial charge on any atom is -0.465 e. The quantitative estimate of drug-likeness (QED) is 0.339. The van der Waals surface area contributed by atoms with Gasteiger partial charge >= 0.3 is 5.97 Å². The largest absolute Gasteiger partial charge is 0.465 e. The molecule has 1 amide bonds. The molecule has 0 atom stereocenters. The highest BCUT2D eigenvalue weighted by atomic mass is 16.6. The molecule has 0 spiro atoms. The van der Waals surface area contributed by atoms with E-state index in [9.17, 15) is 19.7 Å². The number of nitrogens with one attached hydrogen (secondary N) is 1. The minimum absolute atomic E-state index is 0.0820. The van der Waals surface area contributed by atoms with E-state index in [1.165, 1.54) is 13.2 Å². The van der Waals surface area contributed by atoms with Crippen LogP contribution in [-0.4, -0.2) is 74.6 Å². The second kappa shape index (κ2) is 11.6. The molecule has 0 saturated carbocycles. The lowest BCUT2D eigenvalue weighted by molar-refractivity contribution is -0.384.